The van der Waals surface area contributed by atoms with E-state index >= 15 is 0 Å². The lowest BCUT2D eigenvalue weighted by Crippen LogP contribution is -2.23. The second-order valence-electron chi connectivity index (χ2n) is 4.04. The highest BCUT2D eigenvalue weighted by atomic mass is 35.5. The molecule has 0 saturated carbocycles. The lowest BCUT2D eigenvalue weighted by molar-refractivity contribution is -0.129. The van der Waals surface area contributed by atoms with Gasteiger partial charge in [-0.1, -0.05) is 11.6 Å². The summed E-state index contributed by atoms with van der Waals surface area (Å²) in [5, 5.41) is 0.277. The molecule has 1 aromatic carbocycles. The Morgan fingerprint density at radius 1 is 1.42 bits per heavy atom. The maximum atomic E-state index is 11.4. The molecule has 0 spiro atoms. The maximum absolute atomic E-state index is 11.4. The Bertz CT molecular complexity index is 474. The number of hydrogen-bond donors (Lipinski definition) is 0. The van der Waals surface area contributed by atoms with Crippen LogP contribution in [0.3, 0.4) is 0 Å². The largest absolute Gasteiger partial charge is 0.493 e. The predicted octanol–water partition coefficient (Wildman–Crippen LogP) is 2.02. The van der Waals surface area contributed by atoms with Crippen molar-refractivity contribution in [2.75, 3.05) is 27.8 Å². The van der Waals surface area contributed by atoms with Crippen LogP contribution in [-0.4, -0.2) is 44.9 Å². The van der Waals surface area contributed by atoms with Crippen molar-refractivity contribution in [3.8, 4) is 11.5 Å². The summed E-state index contributed by atoms with van der Waals surface area (Å²) in [6.07, 6.45) is 0.912. The number of nitrogens with zero attached hydrogens (tertiary/aromatic N) is 1. The Morgan fingerprint density at radius 2 is 2.11 bits per heavy atom. The van der Waals surface area contributed by atoms with Gasteiger partial charge in [0, 0.05) is 19.7 Å². The summed E-state index contributed by atoms with van der Waals surface area (Å²) in [5.74, 6) is 0.660. The van der Waals surface area contributed by atoms with Crippen LogP contribution in [0.5, 0.6) is 11.5 Å². The monoisotopic (exact) mass is 285 g/mol. The molecule has 0 fully saturated rings. The van der Waals surface area contributed by atoms with Crippen molar-refractivity contribution in [2.45, 2.75) is 6.42 Å². The quantitative estimate of drug-likeness (QED) is 0.750. The summed E-state index contributed by atoms with van der Waals surface area (Å²) < 4.78 is 10.6. The summed E-state index contributed by atoms with van der Waals surface area (Å²) in [6.45, 7) is 0.188. The maximum Gasteiger partial charge on any atom is 0.225 e. The van der Waals surface area contributed by atoms with E-state index in [1.165, 1.54) is 24.1 Å². The Morgan fingerprint density at radius 3 is 2.63 bits per heavy atom. The Labute approximate surface area is 117 Å². The molecule has 0 aromatic heterocycles. The molecule has 0 atom stereocenters. The zero-order valence-electron chi connectivity index (χ0n) is 11.1. The van der Waals surface area contributed by atoms with Crippen molar-refractivity contribution < 1.29 is 19.1 Å². The molecule has 0 N–H and O–H groups in total. The SMILES string of the molecule is COc1cc(C=O)cc(Cl)c1OCCC(=O)N(C)C. The van der Waals surface area contributed by atoms with Crippen molar-refractivity contribution in [1.82, 2.24) is 4.90 Å². The van der Waals surface area contributed by atoms with Gasteiger partial charge in [0.15, 0.2) is 11.5 Å². The first-order valence-corrected chi connectivity index (χ1v) is 6.03. The molecule has 5 nitrogen and oxygen atoms in total. The topological polar surface area (TPSA) is 55.8 Å². The van der Waals surface area contributed by atoms with Crippen molar-refractivity contribution in [3.63, 3.8) is 0 Å². The molecule has 0 aliphatic heterocycles. The lowest BCUT2D eigenvalue weighted by atomic mass is 10.2. The van der Waals surface area contributed by atoms with E-state index in [-0.39, 0.29) is 24.0 Å². The lowest BCUT2D eigenvalue weighted by Gasteiger charge is -2.14. The standard InChI is InChI=1S/C13H16ClNO4/c1-15(2)12(17)4-5-19-13-10(14)6-9(8-16)7-11(13)18-3/h6-8H,4-5H2,1-3H3. The van der Waals surface area contributed by atoms with Crippen molar-refractivity contribution in [1.29, 1.82) is 0 Å². The minimum atomic E-state index is -0.0420. The molecule has 0 radical (unpaired) electrons. The van der Waals surface area contributed by atoms with Gasteiger partial charge in [0.05, 0.1) is 25.2 Å². The van der Waals surface area contributed by atoms with E-state index < -0.39 is 0 Å². The van der Waals surface area contributed by atoms with E-state index in [0.29, 0.717) is 23.3 Å². The van der Waals surface area contributed by atoms with Crippen LogP contribution >= 0.6 is 11.6 Å². The van der Waals surface area contributed by atoms with Crippen molar-refractivity contribution >= 4 is 23.8 Å². The van der Waals surface area contributed by atoms with Crippen LogP contribution in [0, 0.1) is 0 Å². The smallest absolute Gasteiger partial charge is 0.225 e. The summed E-state index contributed by atoms with van der Waals surface area (Å²) in [6, 6.07) is 3.02. The number of methoxy groups -OCH3 is 1. The minimum Gasteiger partial charge on any atom is -0.493 e. The normalized spacial score (nSPS) is 9.89. The van der Waals surface area contributed by atoms with E-state index in [0.717, 1.165) is 0 Å². The van der Waals surface area contributed by atoms with Crippen LogP contribution in [0.1, 0.15) is 16.8 Å². The van der Waals surface area contributed by atoms with Crippen LogP contribution in [0.15, 0.2) is 12.1 Å². The molecular formula is C13H16ClNO4. The molecule has 0 bridgehead atoms. The zero-order valence-corrected chi connectivity index (χ0v) is 11.9. The van der Waals surface area contributed by atoms with Gasteiger partial charge >= 0.3 is 0 Å². The van der Waals surface area contributed by atoms with Gasteiger partial charge in [-0.2, -0.15) is 0 Å². The molecular weight excluding hydrogens is 270 g/mol. The number of aldehydes is 1. The number of rotatable bonds is 6. The third kappa shape index (κ3) is 4.13. The molecule has 1 rings (SSSR count). The molecule has 0 aliphatic rings. The Hall–Kier alpha value is -1.75. The molecule has 1 aromatic rings. The predicted molar refractivity (Wildman–Crippen MR) is 72.2 cm³/mol. The molecule has 19 heavy (non-hydrogen) atoms. The van der Waals surface area contributed by atoms with E-state index in [1.54, 1.807) is 14.1 Å². The average Bonchev–Trinajstić information content (AvgIpc) is 2.39. The molecule has 6 heteroatoms. The van der Waals surface area contributed by atoms with Crippen LogP contribution in [0.2, 0.25) is 5.02 Å². The van der Waals surface area contributed by atoms with Crippen LogP contribution in [0.25, 0.3) is 0 Å². The highest BCUT2D eigenvalue weighted by molar-refractivity contribution is 6.32. The van der Waals surface area contributed by atoms with Gasteiger partial charge in [-0.15, -0.1) is 0 Å². The van der Waals surface area contributed by atoms with Crippen molar-refractivity contribution in [3.05, 3.63) is 22.7 Å². The molecule has 104 valence electrons. The summed E-state index contributed by atoms with van der Waals surface area (Å²) in [5.41, 5.74) is 0.401. The fourth-order valence-corrected chi connectivity index (χ4v) is 1.69. The van der Waals surface area contributed by atoms with Gasteiger partial charge in [0.1, 0.15) is 6.29 Å². The minimum absolute atomic E-state index is 0.0420. The first kappa shape index (κ1) is 15.3. The van der Waals surface area contributed by atoms with E-state index in [2.05, 4.69) is 0 Å². The second-order valence-corrected chi connectivity index (χ2v) is 4.45. The first-order chi connectivity index (χ1) is 8.99. The van der Waals surface area contributed by atoms with Gasteiger partial charge in [-0.05, 0) is 12.1 Å². The zero-order chi connectivity index (χ0) is 14.4. The average molecular weight is 286 g/mol. The van der Waals surface area contributed by atoms with Crippen LogP contribution < -0.4 is 9.47 Å². The fourth-order valence-electron chi connectivity index (χ4n) is 1.41. The molecule has 0 saturated heterocycles. The molecule has 0 unspecified atom stereocenters. The highest BCUT2D eigenvalue weighted by Gasteiger charge is 2.13. The third-order valence-electron chi connectivity index (χ3n) is 2.45. The van der Waals surface area contributed by atoms with Crippen LogP contribution in [-0.2, 0) is 4.79 Å². The van der Waals surface area contributed by atoms with Crippen molar-refractivity contribution in [2.24, 2.45) is 0 Å². The molecule has 0 heterocycles. The fraction of sp³-hybridized carbons (Fsp3) is 0.385. The van der Waals surface area contributed by atoms with Gasteiger partial charge in [-0.3, -0.25) is 9.59 Å². The summed E-state index contributed by atoms with van der Waals surface area (Å²) >= 11 is 6.01. The molecule has 1 amide bonds. The Kier molecular flexibility index (Phi) is 5.63. The highest BCUT2D eigenvalue weighted by Crippen LogP contribution is 2.36. The van der Waals surface area contributed by atoms with Gasteiger partial charge in [0.25, 0.3) is 0 Å². The Balaban J connectivity index is 2.77. The number of amides is 1. The number of hydrogen-bond acceptors (Lipinski definition) is 4. The first-order valence-electron chi connectivity index (χ1n) is 5.65. The number of ether oxygens (including phenoxy) is 2. The van der Waals surface area contributed by atoms with E-state index in [4.69, 9.17) is 21.1 Å². The molecule has 0 aliphatic carbocycles. The van der Waals surface area contributed by atoms with Gasteiger partial charge in [-0.25, -0.2) is 0 Å². The second kappa shape index (κ2) is 6.99. The van der Waals surface area contributed by atoms with Crippen LogP contribution in [0.4, 0.5) is 0 Å². The van der Waals surface area contributed by atoms with Gasteiger partial charge in [0.2, 0.25) is 5.91 Å². The van der Waals surface area contributed by atoms with Gasteiger partial charge < -0.3 is 14.4 Å². The number of halogens is 1. The number of carbonyl (C=O) groups excluding carboxylic acids is 2. The third-order valence-corrected chi connectivity index (χ3v) is 2.73. The van der Waals surface area contributed by atoms with E-state index in [9.17, 15) is 9.59 Å². The number of benzene rings is 1. The summed E-state index contributed by atoms with van der Waals surface area (Å²) in [4.78, 5) is 23.6. The summed E-state index contributed by atoms with van der Waals surface area (Å²) in [7, 11) is 4.81. The van der Waals surface area contributed by atoms with E-state index in [1.807, 2.05) is 0 Å². The number of carbonyl (C=O) groups is 2.